The molecule has 3 rings (SSSR count). The Morgan fingerprint density at radius 1 is 0.846 bits per heavy atom. The fraction of sp³-hybridized carbons (Fsp3) is 0.0870. The normalized spacial score (nSPS) is 11.0. The molecule has 0 heterocycles. The van der Waals surface area contributed by atoms with Gasteiger partial charge in [-0.2, -0.15) is 0 Å². The Kier molecular flexibility index (Phi) is 5.59. The SMILES string of the molecule is Cc1cc(C=Cc2ccc(C(=O)Sc3ccccc3)cc2)cc(C)c1O. The van der Waals surface area contributed by atoms with Crippen LogP contribution in [-0.2, 0) is 0 Å². The van der Waals surface area contributed by atoms with Gasteiger partial charge in [-0.3, -0.25) is 4.79 Å². The number of aromatic hydroxyl groups is 1. The smallest absolute Gasteiger partial charge is 0.224 e. The van der Waals surface area contributed by atoms with Gasteiger partial charge in [0.05, 0.1) is 0 Å². The van der Waals surface area contributed by atoms with E-state index in [0.717, 1.165) is 27.1 Å². The van der Waals surface area contributed by atoms with Gasteiger partial charge in [-0.1, -0.05) is 42.5 Å². The van der Waals surface area contributed by atoms with Gasteiger partial charge < -0.3 is 5.11 Å². The minimum Gasteiger partial charge on any atom is -0.507 e. The Labute approximate surface area is 158 Å². The van der Waals surface area contributed by atoms with E-state index in [-0.39, 0.29) is 5.12 Å². The maximum absolute atomic E-state index is 12.3. The molecule has 0 bridgehead atoms. The van der Waals surface area contributed by atoms with E-state index in [9.17, 15) is 9.90 Å². The first-order valence-electron chi connectivity index (χ1n) is 8.38. The molecular weight excluding hydrogens is 340 g/mol. The van der Waals surface area contributed by atoms with Crippen molar-refractivity contribution in [2.75, 3.05) is 0 Å². The van der Waals surface area contributed by atoms with E-state index in [1.807, 2.05) is 92.7 Å². The lowest BCUT2D eigenvalue weighted by Crippen LogP contribution is -1.92. The topological polar surface area (TPSA) is 37.3 Å². The zero-order valence-corrected chi connectivity index (χ0v) is 15.6. The summed E-state index contributed by atoms with van der Waals surface area (Å²) in [5.74, 6) is 0.348. The van der Waals surface area contributed by atoms with Gasteiger partial charge in [0.25, 0.3) is 0 Å². The summed E-state index contributed by atoms with van der Waals surface area (Å²) in [7, 11) is 0. The lowest BCUT2D eigenvalue weighted by molar-refractivity contribution is 0.108. The maximum Gasteiger partial charge on any atom is 0.224 e. The van der Waals surface area contributed by atoms with Gasteiger partial charge in [0.2, 0.25) is 5.12 Å². The maximum atomic E-state index is 12.3. The lowest BCUT2D eigenvalue weighted by atomic mass is 10.0. The average molecular weight is 360 g/mol. The minimum atomic E-state index is 0.0384. The number of aryl methyl sites for hydroxylation is 2. The van der Waals surface area contributed by atoms with Crippen LogP contribution in [0.2, 0.25) is 0 Å². The highest BCUT2D eigenvalue weighted by molar-refractivity contribution is 8.14. The van der Waals surface area contributed by atoms with Crippen LogP contribution in [0.25, 0.3) is 12.2 Å². The highest BCUT2D eigenvalue weighted by Crippen LogP contribution is 2.25. The summed E-state index contributed by atoms with van der Waals surface area (Å²) in [6.45, 7) is 3.79. The molecular formula is C23H20O2S. The van der Waals surface area contributed by atoms with E-state index in [1.165, 1.54) is 11.8 Å². The van der Waals surface area contributed by atoms with Crippen LogP contribution in [0.4, 0.5) is 0 Å². The predicted octanol–water partition coefficient (Wildman–Crippen LogP) is 6.11. The van der Waals surface area contributed by atoms with Crippen LogP contribution in [-0.4, -0.2) is 10.2 Å². The van der Waals surface area contributed by atoms with Crippen LogP contribution in [0.1, 0.15) is 32.6 Å². The molecule has 0 fully saturated rings. The number of benzene rings is 3. The number of thioether (sulfide) groups is 1. The Hall–Kier alpha value is -2.78. The van der Waals surface area contributed by atoms with Crippen molar-refractivity contribution in [3.8, 4) is 5.75 Å². The van der Waals surface area contributed by atoms with E-state index in [4.69, 9.17) is 0 Å². The summed E-state index contributed by atoms with van der Waals surface area (Å²) in [6.07, 6.45) is 4.01. The van der Waals surface area contributed by atoms with Crippen molar-refractivity contribution >= 4 is 29.0 Å². The van der Waals surface area contributed by atoms with Crippen LogP contribution in [0.5, 0.6) is 5.75 Å². The van der Waals surface area contributed by atoms with Crippen molar-refractivity contribution in [1.29, 1.82) is 0 Å². The molecule has 0 saturated carbocycles. The molecule has 0 unspecified atom stereocenters. The Balaban J connectivity index is 1.70. The second kappa shape index (κ2) is 8.07. The third-order valence-electron chi connectivity index (χ3n) is 4.08. The van der Waals surface area contributed by atoms with Crippen molar-refractivity contribution in [3.63, 3.8) is 0 Å². The van der Waals surface area contributed by atoms with Gasteiger partial charge in [-0.25, -0.2) is 0 Å². The highest BCUT2D eigenvalue weighted by atomic mass is 32.2. The monoisotopic (exact) mass is 360 g/mol. The van der Waals surface area contributed by atoms with Crippen molar-refractivity contribution in [3.05, 3.63) is 94.5 Å². The second-order valence-corrected chi connectivity index (χ2v) is 7.21. The molecule has 3 aromatic carbocycles. The molecule has 2 nitrogen and oxygen atoms in total. The van der Waals surface area contributed by atoms with Crippen molar-refractivity contribution < 1.29 is 9.90 Å². The van der Waals surface area contributed by atoms with Crippen molar-refractivity contribution in [2.24, 2.45) is 0 Å². The molecule has 3 heteroatoms. The van der Waals surface area contributed by atoms with Crippen LogP contribution >= 0.6 is 11.8 Å². The Morgan fingerprint density at radius 3 is 2.04 bits per heavy atom. The van der Waals surface area contributed by atoms with Crippen LogP contribution in [0.15, 0.2) is 71.6 Å². The molecule has 0 atom stereocenters. The molecule has 130 valence electrons. The molecule has 1 N–H and O–H groups in total. The first-order chi connectivity index (χ1) is 12.5. The van der Waals surface area contributed by atoms with E-state index >= 15 is 0 Å². The number of rotatable bonds is 4. The summed E-state index contributed by atoms with van der Waals surface area (Å²) < 4.78 is 0. The largest absolute Gasteiger partial charge is 0.507 e. The first-order valence-corrected chi connectivity index (χ1v) is 9.20. The molecule has 0 amide bonds. The molecule has 26 heavy (non-hydrogen) atoms. The van der Waals surface area contributed by atoms with Gasteiger partial charge in [0, 0.05) is 10.5 Å². The van der Waals surface area contributed by atoms with Crippen molar-refractivity contribution in [2.45, 2.75) is 18.7 Å². The molecule has 0 aliphatic heterocycles. The molecule has 0 radical (unpaired) electrons. The first kappa shape index (κ1) is 18.0. The third-order valence-corrected chi connectivity index (χ3v) is 5.01. The zero-order valence-electron chi connectivity index (χ0n) is 14.8. The van der Waals surface area contributed by atoms with Crippen molar-refractivity contribution in [1.82, 2.24) is 0 Å². The molecule has 0 aliphatic carbocycles. The van der Waals surface area contributed by atoms with E-state index in [0.29, 0.717) is 11.3 Å². The van der Waals surface area contributed by atoms with Gasteiger partial charge in [0.15, 0.2) is 0 Å². The number of phenols is 1. The fourth-order valence-corrected chi connectivity index (χ4v) is 3.42. The summed E-state index contributed by atoms with van der Waals surface area (Å²) in [4.78, 5) is 13.3. The summed E-state index contributed by atoms with van der Waals surface area (Å²) >= 11 is 1.24. The number of carbonyl (C=O) groups is 1. The van der Waals surface area contributed by atoms with Gasteiger partial charge in [-0.15, -0.1) is 0 Å². The van der Waals surface area contributed by atoms with Gasteiger partial charge in [-0.05, 0) is 84.3 Å². The summed E-state index contributed by atoms with van der Waals surface area (Å²) in [5, 5.41) is 9.88. The quantitative estimate of drug-likeness (QED) is 0.450. The van der Waals surface area contributed by atoms with E-state index < -0.39 is 0 Å². The van der Waals surface area contributed by atoms with Gasteiger partial charge >= 0.3 is 0 Å². The summed E-state index contributed by atoms with van der Waals surface area (Å²) in [5.41, 5.74) is 4.48. The minimum absolute atomic E-state index is 0.0384. The standard InChI is InChI=1S/C23H20O2S/c1-16-14-19(15-17(2)22(16)24)9-8-18-10-12-20(13-11-18)23(25)26-21-6-4-3-5-7-21/h3-15,24H,1-2H3. The van der Waals surface area contributed by atoms with E-state index in [2.05, 4.69) is 0 Å². The predicted molar refractivity (Wildman–Crippen MR) is 110 cm³/mol. The zero-order chi connectivity index (χ0) is 18.5. The highest BCUT2D eigenvalue weighted by Gasteiger charge is 2.07. The molecule has 0 saturated heterocycles. The van der Waals surface area contributed by atoms with Gasteiger partial charge in [0.1, 0.15) is 5.75 Å². The third kappa shape index (κ3) is 4.44. The lowest BCUT2D eigenvalue weighted by Gasteiger charge is -2.05. The average Bonchev–Trinajstić information content (AvgIpc) is 2.65. The number of phenolic OH excluding ortho intramolecular Hbond substituents is 1. The molecule has 3 aromatic rings. The van der Waals surface area contributed by atoms with Crippen LogP contribution in [0.3, 0.4) is 0 Å². The van der Waals surface area contributed by atoms with Crippen LogP contribution < -0.4 is 0 Å². The number of carbonyl (C=O) groups excluding carboxylic acids is 1. The molecule has 0 spiro atoms. The second-order valence-electron chi connectivity index (χ2n) is 6.16. The summed E-state index contributed by atoms with van der Waals surface area (Å²) in [6, 6.07) is 21.1. The fourth-order valence-electron chi connectivity index (χ4n) is 2.66. The Morgan fingerprint density at radius 2 is 1.42 bits per heavy atom. The number of hydrogen-bond donors (Lipinski definition) is 1. The Bertz CT molecular complexity index is 919. The molecule has 0 aliphatic rings. The molecule has 0 aromatic heterocycles. The number of hydrogen-bond acceptors (Lipinski definition) is 3. The van der Waals surface area contributed by atoms with Crippen LogP contribution in [0, 0.1) is 13.8 Å². The van der Waals surface area contributed by atoms with E-state index in [1.54, 1.807) is 0 Å².